The SMILES string of the molecule is CCCCCCCCC(CCCCCCCC(O)C(=O)O)OCc1ccccc1. The summed E-state index contributed by atoms with van der Waals surface area (Å²) in [6.45, 7) is 2.94. The zero-order valence-electron chi connectivity index (χ0n) is 18.4. The lowest BCUT2D eigenvalue weighted by molar-refractivity contribution is -0.146. The fourth-order valence-corrected chi connectivity index (χ4v) is 3.62. The Morgan fingerprint density at radius 1 is 0.828 bits per heavy atom. The number of aliphatic carboxylic acids is 1. The molecule has 0 amide bonds. The van der Waals surface area contributed by atoms with E-state index in [2.05, 4.69) is 31.2 Å². The fraction of sp³-hybridized carbons (Fsp3) is 0.720. The Balaban J connectivity index is 2.21. The summed E-state index contributed by atoms with van der Waals surface area (Å²) in [4.78, 5) is 10.6. The van der Waals surface area contributed by atoms with E-state index in [1.54, 1.807) is 0 Å². The minimum Gasteiger partial charge on any atom is -0.479 e. The van der Waals surface area contributed by atoms with Crippen LogP contribution in [0.4, 0.5) is 0 Å². The number of carboxylic acid groups (broad SMARTS) is 1. The van der Waals surface area contributed by atoms with Crippen LogP contribution < -0.4 is 0 Å². The maximum absolute atomic E-state index is 10.6. The molecule has 0 aliphatic heterocycles. The van der Waals surface area contributed by atoms with E-state index in [1.165, 1.54) is 44.1 Å². The molecule has 0 fully saturated rings. The lowest BCUT2D eigenvalue weighted by Crippen LogP contribution is -2.18. The third-order valence-electron chi connectivity index (χ3n) is 5.50. The molecule has 1 rings (SSSR count). The number of hydrogen-bond donors (Lipinski definition) is 2. The molecular formula is C25H42O4. The number of aliphatic hydroxyl groups excluding tert-OH is 1. The van der Waals surface area contributed by atoms with Crippen LogP contribution in [-0.4, -0.2) is 28.4 Å². The molecular weight excluding hydrogens is 364 g/mol. The van der Waals surface area contributed by atoms with Crippen molar-refractivity contribution in [3.8, 4) is 0 Å². The standard InChI is InChI=1S/C25H42O4/c1-2-3-4-5-7-13-18-23(29-21-22-16-11-10-12-17-22)19-14-8-6-9-15-20-24(26)25(27)28/h10-12,16-17,23-24,26H,2-9,13-15,18-21H2,1H3,(H,27,28). The van der Waals surface area contributed by atoms with E-state index in [1.807, 2.05) is 6.07 Å². The summed E-state index contributed by atoms with van der Waals surface area (Å²) in [7, 11) is 0. The Labute approximate surface area is 177 Å². The van der Waals surface area contributed by atoms with Gasteiger partial charge in [-0.25, -0.2) is 4.79 Å². The highest BCUT2D eigenvalue weighted by atomic mass is 16.5. The molecule has 0 saturated carbocycles. The van der Waals surface area contributed by atoms with Crippen molar-refractivity contribution in [1.29, 1.82) is 0 Å². The number of rotatable bonds is 19. The second-order valence-electron chi connectivity index (χ2n) is 8.17. The summed E-state index contributed by atoms with van der Waals surface area (Å²) in [5.41, 5.74) is 1.23. The van der Waals surface area contributed by atoms with Crippen LogP contribution in [0.5, 0.6) is 0 Å². The molecule has 0 heterocycles. The molecule has 0 bridgehead atoms. The van der Waals surface area contributed by atoms with Gasteiger partial charge in [0.2, 0.25) is 0 Å². The first kappa shape index (κ1) is 25.6. The minimum absolute atomic E-state index is 0.329. The van der Waals surface area contributed by atoms with E-state index in [9.17, 15) is 9.90 Å². The molecule has 0 radical (unpaired) electrons. The van der Waals surface area contributed by atoms with Gasteiger partial charge in [-0.2, -0.15) is 0 Å². The van der Waals surface area contributed by atoms with E-state index in [4.69, 9.17) is 9.84 Å². The van der Waals surface area contributed by atoms with Crippen LogP contribution in [0.3, 0.4) is 0 Å². The first-order chi connectivity index (χ1) is 14.1. The molecule has 166 valence electrons. The average molecular weight is 407 g/mol. The van der Waals surface area contributed by atoms with Gasteiger partial charge in [-0.1, -0.05) is 108 Å². The smallest absolute Gasteiger partial charge is 0.332 e. The quantitative estimate of drug-likeness (QED) is 0.257. The first-order valence-electron chi connectivity index (χ1n) is 11.7. The van der Waals surface area contributed by atoms with Crippen molar-refractivity contribution in [3.05, 3.63) is 35.9 Å². The van der Waals surface area contributed by atoms with Gasteiger partial charge >= 0.3 is 5.97 Å². The van der Waals surface area contributed by atoms with Gasteiger partial charge in [0, 0.05) is 0 Å². The van der Waals surface area contributed by atoms with Crippen molar-refractivity contribution in [2.24, 2.45) is 0 Å². The van der Waals surface area contributed by atoms with E-state index in [0.717, 1.165) is 44.9 Å². The summed E-state index contributed by atoms with van der Waals surface area (Å²) in [6.07, 6.45) is 14.7. The maximum atomic E-state index is 10.6. The van der Waals surface area contributed by atoms with Crippen LogP contribution in [-0.2, 0) is 16.1 Å². The highest BCUT2D eigenvalue weighted by Crippen LogP contribution is 2.18. The molecule has 2 atom stereocenters. The van der Waals surface area contributed by atoms with Gasteiger partial charge in [0.1, 0.15) is 0 Å². The molecule has 0 aliphatic rings. The number of benzene rings is 1. The number of hydrogen-bond acceptors (Lipinski definition) is 3. The predicted octanol–water partition coefficient (Wildman–Crippen LogP) is 6.50. The minimum atomic E-state index is -1.21. The lowest BCUT2D eigenvalue weighted by atomic mass is 10.0. The van der Waals surface area contributed by atoms with Crippen LogP contribution in [0.1, 0.15) is 102 Å². The molecule has 0 aromatic heterocycles. The maximum Gasteiger partial charge on any atom is 0.332 e. The molecule has 4 nitrogen and oxygen atoms in total. The van der Waals surface area contributed by atoms with E-state index in [-0.39, 0.29) is 0 Å². The normalized spacial score (nSPS) is 13.3. The summed E-state index contributed by atoms with van der Waals surface area (Å²) in [5.74, 6) is -1.11. The Kier molecular flexibility index (Phi) is 15.4. The van der Waals surface area contributed by atoms with Crippen LogP contribution in [0, 0.1) is 0 Å². The second kappa shape index (κ2) is 17.5. The molecule has 2 unspecified atom stereocenters. The van der Waals surface area contributed by atoms with Gasteiger partial charge in [-0.05, 0) is 24.8 Å². The van der Waals surface area contributed by atoms with Crippen molar-refractivity contribution >= 4 is 5.97 Å². The lowest BCUT2D eigenvalue weighted by Gasteiger charge is -2.18. The molecule has 0 spiro atoms. The van der Waals surface area contributed by atoms with Crippen molar-refractivity contribution < 1.29 is 19.7 Å². The molecule has 1 aromatic rings. The molecule has 1 aromatic carbocycles. The molecule has 2 N–H and O–H groups in total. The van der Waals surface area contributed by atoms with Crippen LogP contribution in [0.2, 0.25) is 0 Å². The van der Waals surface area contributed by atoms with Crippen LogP contribution >= 0.6 is 0 Å². The van der Waals surface area contributed by atoms with Gasteiger partial charge in [-0.3, -0.25) is 0 Å². The van der Waals surface area contributed by atoms with E-state index in [0.29, 0.717) is 19.1 Å². The van der Waals surface area contributed by atoms with Crippen molar-refractivity contribution in [2.75, 3.05) is 0 Å². The van der Waals surface area contributed by atoms with E-state index < -0.39 is 12.1 Å². The number of unbranched alkanes of at least 4 members (excludes halogenated alkanes) is 9. The van der Waals surface area contributed by atoms with Gasteiger partial charge in [0.15, 0.2) is 6.10 Å². The summed E-state index contributed by atoms with van der Waals surface area (Å²) >= 11 is 0. The molecule has 4 heteroatoms. The third kappa shape index (κ3) is 14.3. The second-order valence-corrected chi connectivity index (χ2v) is 8.17. The Bertz CT molecular complexity index is 503. The molecule has 0 aliphatic carbocycles. The van der Waals surface area contributed by atoms with Crippen molar-refractivity contribution in [1.82, 2.24) is 0 Å². The Morgan fingerprint density at radius 3 is 1.90 bits per heavy atom. The first-order valence-corrected chi connectivity index (χ1v) is 11.7. The van der Waals surface area contributed by atoms with Crippen LogP contribution in [0.25, 0.3) is 0 Å². The van der Waals surface area contributed by atoms with Crippen molar-refractivity contribution in [3.63, 3.8) is 0 Å². The highest BCUT2D eigenvalue weighted by molar-refractivity contribution is 5.71. The summed E-state index contributed by atoms with van der Waals surface area (Å²) in [5, 5.41) is 18.0. The molecule has 29 heavy (non-hydrogen) atoms. The van der Waals surface area contributed by atoms with Gasteiger partial charge < -0.3 is 14.9 Å². The van der Waals surface area contributed by atoms with Gasteiger partial charge in [0.25, 0.3) is 0 Å². The number of carboxylic acids is 1. The highest BCUT2D eigenvalue weighted by Gasteiger charge is 2.12. The zero-order valence-corrected chi connectivity index (χ0v) is 18.4. The Hall–Kier alpha value is -1.39. The number of carbonyl (C=O) groups is 1. The third-order valence-corrected chi connectivity index (χ3v) is 5.50. The summed E-state index contributed by atoms with van der Waals surface area (Å²) in [6, 6.07) is 10.4. The topological polar surface area (TPSA) is 66.8 Å². The number of aliphatic hydroxyl groups is 1. The van der Waals surface area contributed by atoms with Gasteiger partial charge in [0.05, 0.1) is 12.7 Å². The van der Waals surface area contributed by atoms with Crippen molar-refractivity contribution in [2.45, 2.75) is 116 Å². The summed E-state index contributed by atoms with van der Waals surface area (Å²) < 4.78 is 6.24. The predicted molar refractivity (Wildman–Crippen MR) is 119 cm³/mol. The Morgan fingerprint density at radius 2 is 1.34 bits per heavy atom. The largest absolute Gasteiger partial charge is 0.479 e. The van der Waals surface area contributed by atoms with Crippen LogP contribution in [0.15, 0.2) is 30.3 Å². The average Bonchev–Trinajstić information content (AvgIpc) is 2.73. The fourth-order valence-electron chi connectivity index (χ4n) is 3.62. The zero-order chi connectivity index (χ0) is 21.2. The monoisotopic (exact) mass is 406 g/mol. The number of ether oxygens (including phenoxy) is 1. The van der Waals surface area contributed by atoms with Gasteiger partial charge in [-0.15, -0.1) is 0 Å². The molecule has 0 saturated heterocycles. The van der Waals surface area contributed by atoms with E-state index >= 15 is 0 Å².